The van der Waals surface area contributed by atoms with E-state index in [2.05, 4.69) is 31.7 Å². The van der Waals surface area contributed by atoms with Crippen molar-refractivity contribution in [2.75, 3.05) is 17.8 Å². The van der Waals surface area contributed by atoms with Gasteiger partial charge in [0, 0.05) is 5.92 Å². The summed E-state index contributed by atoms with van der Waals surface area (Å²) < 4.78 is 29.2. The van der Waals surface area contributed by atoms with Gasteiger partial charge in [-0.25, -0.2) is 4.68 Å². The summed E-state index contributed by atoms with van der Waals surface area (Å²) in [7, 11) is -9.42. The molecule has 37 heavy (non-hydrogen) atoms. The monoisotopic (exact) mass is 574 g/mol. The van der Waals surface area contributed by atoms with Crippen molar-refractivity contribution in [2.24, 2.45) is 5.92 Å². The maximum absolute atomic E-state index is 12.0. The van der Waals surface area contributed by atoms with E-state index in [4.69, 9.17) is 25.9 Å². The number of halogens is 1. The number of hydrogen-bond donors (Lipinski definition) is 6. The van der Waals surface area contributed by atoms with Crippen LogP contribution < -0.4 is 5.32 Å². The topological polar surface area (TPSA) is 213 Å². The molecule has 2 heterocycles. The van der Waals surface area contributed by atoms with Crippen LogP contribution in [0.1, 0.15) is 36.1 Å². The lowest BCUT2D eigenvalue weighted by Crippen LogP contribution is -2.31. The molecule has 200 valence electrons. The van der Waals surface area contributed by atoms with Crippen LogP contribution in [-0.4, -0.2) is 74.6 Å². The van der Waals surface area contributed by atoms with Gasteiger partial charge < -0.3 is 34.7 Å². The van der Waals surface area contributed by atoms with Crippen LogP contribution in [0.5, 0.6) is 0 Å². The smallest absolute Gasteiger partial charge is 0.340 e. The highest BCUT2D eigenvalue weighted by molar-refractivity contribution is 7.70. The van der Waals surface area contributed by atoms with Crippen molar-refractivity contribution in [3.63, 3.8) is 0 Å². The molecule has 1 saturated carbocycles. The Kier molecular flexibility index (Phi) is 7.16. The van der Waals surface area contributed by atoms with Gasteiger partial charge in [0.2, 0.25) is 5.28 Å². The largest absolute Gasteiger partial charge is 0.390 e. The van der Waals surface area contributed by atoms with Crippen LogP contribution in [-0.2, 0) is 20.1 Å². The molecular formula is C20H25ClN6O8P2. The molecule has 0 amide bonds. The van der Waals surface area contributed by atoms with Crippen LogP contribution in [0.3, 0.4) is 0 Å². The molecule has 5 rings (SSSR count). The van der Waals surface area contributed by atoms with Gasteiger partial charge >= 0.3 is 15.2 Å². The van der Waals surface area contributed by atoms with E-state index < -0.39 is 51.9 Å². The van der Waals surface area contributed by atoms with E-state index in [0.717, 1.165) is 18.4 Å². The summed E-state index contributed by atoms with van der Waals surface area (Å²) in [6.07, 6.45) is -0.915. The number of rotatable bonds is 8. The van der Waals surface area contributed by atoms with E-state index in [1.165, 1.54) is 10.2 Å². The summed E-state index contributed by atoms with van der Waals surface area (Å²) in [5, 5.41) is 32.8. The summed E-state index contributed by atoms with van der Waals surface area (Å²) in [6, 6.07) is 7.22. The molecule has 17 heteroatoms. The molecule has 0 saturated heterocycles. The van der Waals surface area contributed by atoms with Crippen LogP contribution >= 0.6 is 26.8 Å². The van der Waals surface area contributed by atoms with E-state index >= 15 is 0 Å². The van der Waals surface area contributed by atoms with Gasteiger partial charge in [-0.3, -0.25) is 9.13 Å². The molecule has 1 aromatic carbocycles. The molecule has 3 aromatic rings. The van der Waals surface area contributed by atoms with Crippen molar-refractivity contribution in [1.29, 1.82) is 0 Å². The van der Waals surface area contributed by atoms with Gasteiger partial charge in [-0.05, 0) is 42.0 Å². The summed E-state index contributed by atoms with van der Waals surface area (Å²) in [6.45, 7) is -0.515. The van der Waals surface area contributed by atoms with Gasteiger partial charge in [-0.15, -0.1) is 5.10 Å². The molecule has 0 spiro atoms. The predicted octanol–water partition coefficient (Wildman–Crippen LogP) is 1.59. The second kappa shape index (κ2) is 9.96. The molecule has 6 N–H and O–H groups in total. The standard InChI is InChI=1S/C20H25ClN6O8P2/c21-20-23-18(22-13-6-5-10-3-1-2-4-12(10)13)15-19(24-20)27(26-25-15)14-7-11(16(28)17(14)29)8-35-37(33,34)9-36(30,31)32/h1-4,11,13-14,16-17,28-29H,5-9H2,(H,33,34)(H,22,23,24)(H2,30,31,32)/t11-,13+,14?,16-,17+/m1/s1. The van der Waals surface area contributed by atoms with Crippen LogP contribution in [0, 0.1) is 5.92 Å². The maximum atomic E-state index is 12.0. The Hall–Kier alpha value is -1.99. The third kappa shape index (κ3) is 5.58. The molecule has 0 radical (unpaired) electrons. The van der Waals surface area contributed by atoms with Crippen molar-refractivity contribution in [3.05, 3.63) is 40.7 Å². The van der Waals surface area contributed by atoms with Gasteiger partial charge in [-0.1, -0.05) is 29.5 Å². The zero-order valence-corrected chi connectivity index (χ0v) is 21.7. The summed E-state index contributed by atoms with van der Waals surface area (Å²) in [4.78, 5) is 36.1. The van der Waals surface area contributed by atoms with Gasteiger partial charge in [0.05, 0.1) is 24.8 Å². The molecule has 2 aliphatic rings. The van der Waals surface area contributed by atoms with Gasteiger partial charge in [0.15, 0.2) is 22.9 Å². The van der Waals surface area contributed by atoms with Crippen molar-refractivity contribution in [2.45, 2.75) is 43.6 Å². The van der Waals surface area contributed by atoms with Crippen molar-refractivity contribution in [3.8, 4) is 0 Å². The first-order chi connectivity index (χ1) is 17.4. The number of hydrogen-bond acceptors (Lipinski definition) is 10. The minimum absolute atomic E-state index is 0.0155. The second-order valence-electron chi connectivity index (χ2n) is 9.27. The number of nitrogens with zero attached hydrogens (tertiary/aromatic N) is 5. The highest BCUT2D eigenvalue weighted by Crippen LogP contribution is 2.56. The Morgan fingerprint density at radius 1 is 1.14 bits per heavy atom. The first-order valence-electron chi connectivity index (χ1n) is 11.4. The Morgan fingerprint density at radius 3 is 2.65 bits per heavy atom. The number of aromatic nitrogens is 5. The number of anilines is 1. The fraction of sp³-hybridized carbons (Fsp3) is 0.500. The molecule has 14 nitrogen and oxygen atoms in total. The van der Waals surface area contributed by atoms with Gasteiger partial charge in [0.1, 0.15) is 6.10 Å². The SMILES string of the molecule is O=P(O)(O)CP(=O)(O)OC[C@H]1CC(n2nnc3c(N[C@H]4CCc5ccccc54)nc(Cl)nc32)[C@H](O)[C@@H]1O. The van der Waals surface area contributed by atoms with Gasteiger partial charge in [0.25, 0.3) is 0 Å². The normalized spacial score (nSPS) is 27.4. The quantitative estimate of drug-likeness (QED) is 0.167. The molecular weight excluding hydrogens is 550 g/mol. The Labute approximate surface area is 215 Å². The molecule has 2 aliphatic carbocycles. The van der Waals surface area contributed by atoms with Gasteiger partial charge in [-0.2, -0.15) is 9.97 Å². The molecule has 0 aliphatic heterocycles. The minimum atomic E-state index is -4.80. The van der Waals surface area contributed by atoms with E-state index in [-0.39, 0.29) is 23.4 Å². The third-order valence-electron chi connectivity index (χ3n) is 6.68. The molecule has 0 bridgehead atoms. The Bertz CT molecular complexity index is 1420. The fourth-order valence-electron chi connectivity index (χ4n) is 4.99. The summed E-state index contributed by atoms with van der Waals surface area (Å²) in [5.74, 6) is -1.81. The van der Waals surface area contributed by atoms with Crippen LogP contribution in [0.4, 0.5) is 5.82 Å². The number of aliphatic hydroxyl groups is 2. The van der Waals surface area contributed by atoms with E-state index in [1.54, 1.807) is 0 Å². The number of benzene rings is 1. The number of aryl methyl sites for hydroxylation is 1. The lowest BCUT2D eigenvalue weighted by molar-refractivity contribution is -0.00362. The number of aliphatic hydroxyl groups excluding tert-OH is 2. The lowest BCUT2D eigenvalue weighted by Gasteiger charge is -2.19. The van der Waals surface area contributed by atoms with E-state index in [9.17, 15) is 24.2 Å². The summed E-state index contributed by atoms with van der Waals surface area (Å²) >= 11 is 6.21. The zero-order valence-electron chi connectivity index (χ0n) is 19.2. The molecule has 6 atom stereocenters. The predicted molar refractivity (Wildman–Crippen MR) is 131 cm³/mol. The average Bonchev–Trinajstić information content (AvgIpc) is 3.48. The Morgan fingerprint density at radius 2 is 1.89 bits per heavy atom. The first-order valence-corrected chi connectivity index (χ1v) is 15.4. The second-order valence-corrected chi connectivity index (χ2v) is 13.6. The highest BCUT2D eigenvalue weighted by Gasteiger charge is 2.45. The van der Waals surface area contributed by atoms with Crippen molar-refractivity contribution >= 4 is 43.8 Å². The average molecular weight is 575 g/mol. The minimum Gasteiger partial charge on any atom is -0.390 e. The van der Waals surface area contributed by atoms with Crippen molar-refractivity contribution < 1.29 is 38.5 Å². The van der Waals surface area contributed by atoms with Crippen LogP contribution in [0.15, 0.2) is 24.3 Å². The molecule has 2 aromatic heterocycles. The first kappa shape index (κ1) is 26.6. The molecule has 2 unspecified atom stereocenters. The van der Waals surface area contributed by atoms with E-state index in [0.29, 0.717) is 11.3 Å². The zero-order chi connectivity index (χ0) is 26.5. The number of fused-ring (bicyclic) bond motifs is 2. The maximum Gasteiger partial charge on any atom is 0.340 e. The Balaban J connectivity index is 1.37. The lowest BCUT2D eigenvalue weighted by atomic mass is 10.1. The van der Waals surface area contributed by atoms with E-state index in [1.807, 2.05) is 18.2 Å². The number of nitrogens with one attached hydrogen (secondary N) is 1. The van der Waals surface area contributed by atoms with Crippen LogP contribution in [0.2, 0.25) is 5.28 Å². The third-order valence-corrected chi connectivity index (χ3v) is 10.3. The van der Waals surface area contributed by atoms with Crippen molar-refractivity contribution in [1.82, 2.24) is 25.0 Å². The fourth-order valence-corrected chi connectivity index (χ4v) is 7.77. The molecule has 1 fully saturated rings. The highest BCUT2D eigenvalue weighted by atomic mass is 35.5. The summed E-state index contributed by atoms with van der Waals surface area (Å²) in [5.41, 5.74) is 2.93. The van der Waals surface area contributed by atoms with Crippen LogP contribution in [0.25, 0.3) is 11.2 Å².